The summed E-state index contributed by atoms with van der Waals surface area (Å²) >= 11 is 0. The minimum atomic E-state index is -0.0795. The number of rotatable bonds is 1. The van der Waals surface area contributed by atoms with Gasteiger partial charge in [0.05, 0.1) is 25.1 Å². The number of imidazole rings is 1. The lowest BCUT2D eigenvalue weighted by molar-refractivity contribution is 0.0118. The van der Waals surface area contributed by atoms with E-state index in [9.17, 15) is 4.79 Å². The summed E-state index contributed by atoms with van der Waals surface area (Å²) in [6, 6.07) is 0. The number of aromatic nitrogens is 2. The molecule has 2 unspecified atom stereocenters. The van der Waals surface area contributed by atoms with E-state index in [0.29, 0.717) is 18.2 Å². The van der Waals surface area contributed by atoms with Gasteiger partial charge in [0.25, 0.3) is 5.91 Å². The molecule has 2 aliphatic rings. The number of likely N-dealkylation sites (tertiary alicyclic amines) is 1. The normalized spacial score (nSPS) is 31.4. The fourth-order valence-corrected chi connectivity index (χ4v) is 3.06. The van der Waals surface area contributed by atoms with Gasteiger partial charge in [-0.1, -0.05) is 6.92 Å². The number of hydrogen-bond acceptors (Lipinski definition) is 3. The van der Waals surface area contributed by atoms with Gasteiger partial charge < -0.3 is 14.2 Å². The Labute approximate surface area is 107 Å². The van der Waals surface area contributed by atoms with Crippen molar-refractivity contribution < 1.29 is 9.53 Å². The zero-order chi connectivity index (χ0) is 12.8. The van der Waals surface area contributed by atoms with Crippen molar-refractivity contribution in [1.82, 2.24) is 14.5 Å². The molecule has 0 aliphatic carbocycles. The molecule has 0 saturated carbocycles. The van der Waals surface area contributed by atoms with Crippen molar-refractivity contribution in [2.45, 2.75) is 25.4 Å². The second-order valence-corrected chi connectivity index (χ2v) is 5.70. The molecule has 3 rings (SSSR count). The van der Waals surface area contributed by atoms with Crippen LogP contribution in [0.25, 0.3) is 0 Å². The molecule has 1 spiro atoms. The Balaban J connectivity index is 1.71. The third kappa shape index (κ3) is 1.92. The van der Waals surface area contributed by atoms with Crippen molar-refractivity contribution in [3.63, 3.8) is 0 Å². The van der Waals surface area contributed by atoms with Crippen LogP contribution >= 0.6 is 0 Å². The predicted molar refractivity (Wildman–Crippen MR) is 66.2 cm³/mol. The van der Waals surface area contributed by atoms with Crippen LogP contribution < -0.4 is 0 Å². The van der Waals surface area contributed by atoms with Gasteiger partial charge in [0.1, 0.15) is 5.69 Å². The lowest BCUT2D eigenvalue weighted by Crippen LogP contribution is -2.35. The molecule has 2 atom stereocenters. The molecule has 1 aromatic rings. The molecule has 1 amide bonds. The molecule has 0 N–H and O–H groups in total. The topological polar surface area (TPSA) is 47.4 Å². The Hall–Kier alpha value is -1.36. The first-order chi connectivity index (χ1) is 8.58. The molecule has 98 valence electrons. The van der Waals surface area contributed by atoms with Crippen LogP contribution in [0, 0.1) is 5.92 Å². The quantitative estimate of drug-likeness (QED) is 0.747. The average Bonchev–Trinajstić information content (AvgIpc) is 3.01. The standard InChI is InChI=1S/C13H19N3O2/c1-10-5-13(18-7-10)3-4-16(8-13)12(17)11-6-15(2)9-14-11/h6,9-10H,3-5,7-8H2,1-2H3. The van der Waals surface area contributed by atoms with Gasteiger partial charge >= 0.3 is 0 Å². The Kier molecular flexibility index (Phi) is 2.66. The molecule has 2 saturated heterocycles. The van der Waals surface area contributed by atoms with E-state index in [-0.39, 0.29) is 11.5 Å². The van der Waals surface area contributed by atoms with Crippen LogP contribution in [-0.4, -0.2) is 45.7 Å². The summed E-state index contributed by atoms with van der Waals surface area (Å²) in [6.07, 6.45) is 5.45. The summed E-state index contributed by atoms with van der Waals surface area (Å²) in [5.74, 6) is 0.630. The van der Waals surface area contributed by atoms with Crippen LogP contribution in [0.15, 0.2) is 12.5 Å². The fourth-order valence-electron chi connectivity index (χ4n) is 3.06. The number of ether oxygens (including phenoxy) is 1. The lowest BCUT2D eigenvalue weighted by Gasteiger charge is -2.23. The van der Waals surface area contributed by atoms with E-state index < -0.39 is 0 Å². The summed E-state index contributed by atoms with van der Waals surface area (Å²) in [5, 5.41) is 0. The molecule has 3 heterocycles. The molecule has 1 aromatic heterocycles. The Morgan fingerprint density at radius 3 is 3.06 bits per heavy atom. The van der Waals surface area contributed by atoms with Crippen molar-refractivity contribution in [3.05, 3.63) is 18.2 Å². The highest BCUT2D eigenvalue weighted by atomic mass is 16.5. The van der Waals surface area contributed by atoms with Crippen LogP contribution in [0.4, 0.5) is 0 Å². The van der Waals surface area contributed by atoms with Gasteiger partial charge in [-0.15, -0.1) is 0 Å². The highest BCUT2D eigenvalue weighted by Gasteiger charge is 2.45. The maximum absolute atomic E-state index is 12.3. The van der Waals surface area contributed by atoms with Crippen LogP contribution in [0.2, 0.25) is 0 Å². The monoisotopic (exact) mass is 249 g/mol. The van der Waals surface area contributed by atoms with E-state index in [4.69, 9.17) is 4.74 Å². The molecule has 0 radical (unpaired) electrons. The zero-order valence-corrected chi connectivity index (χ0v) is 10.9. The molecular weight excluding hydrogens is 230 g/mol. The van der Waals surface area contributed by atoms with Gasteiger partial charge in [-0.3, -0.25) is 4.79 Å². The number of hydrogen-bond donors (Lipinski definition) is 0. The highest BCUT2D eigenvalue weighted by molar-refractivity contribution is 5.92. The van der Waals surface area contributed by atoms with Crippen LogP contribution in [0.3, 0.4) is 0 Å². The van der Waals surface area contributed by atoms with Crippen molar-refractivity contribution in [1.29, 1.82) is 0 Å². The van der Waals surface area contributed by atoms with Gasteiger partial charge in [-0.05, 0) is 18.8 Å². The number of nitrogens with zero attached hydrogens (tertiary/aromatic N) is 3. The van der Waals surface area contributed by atoms with Crippen LogP contribution in [0.1, 0.15) is 30.3 Å². The molecule has 2 aliphatic heterocycles. The molecule has 5 heteroatoms. The Morgan fingerprint density at radius 1 is 1.61 bits per heavy atom. The summed E-state index contributed by atoms with van der Waals surface area (Å²) < 4.78 is 7.71. The maximum atomic E-state index is 12.3. The molecule has 18 heavy (non-hydrogen) atoms. The highest BCUT2D eigenvalue weighted by Crippen LogP contribution is 2.37. The van der Waals surface area contributed by atoms with Crippen molar-refractivity contribution in [2.75, 3.05) is 19.7 Å². The van der Waals surface area contributed by atoms with E-state index in [1.807, 2.05) is 11.9 Å². The maximum Gasteiger partial charge on any atom is 0.274 e. The summed E-state index contributed by atoms with van der Waals surface area (Å²) in [4.78, 5) is 18.3. The first kappa shape index (κ1) is 11.7. The first-order valence-electron chi connectivity index (χ1n) is 6.49. The first-order valence-corrected chi connectivity index (χ1v) is 6.49. The Bertz CT molecular complexity index is 471. The number of carbonyl (C=O) groups excluding carboxylic acids is 1. The van der Waals surface area contributed by atoms with E-state index in [1.54, 1.807) is 17.1 Å². The van der Waals surface area contributed by atoms with E-state index in [0.717, 1.165) is 26.0 Å². The average molecular weight is 249 g/mol. The van der Waals surface area contributed by atoms with Gasteiger partial charge in [-0.2, -0.15) is 0 Å². The molecule has 2 fully saturated rings. The third-order valence-corrected chi connectivity index (χ3v) is 3.92. The molecule has 5 nitrogen and oxygen atoms in total. The zero-order valence-electron chi connectivity index (χ0n) is 10.9. The lowest BCUT2D eigenvalue weighted by atomic mass is 9.94. The van der Waals surface area contributed by atoms with Crippen molar-refractivity contribution in [2.24, 2.45) is 13.0 Å². The van der Waals surface area contributed by atoms with Gasteiger partial charge in [0.2, 0.25) is 0 Å². The molecular formula is C13H19N3O2. The number of amides is 1. The van der Waals surface area contributed by atoms with Crippen LogP contribution in [0.5, 0.6) is 0 Å². The molecule has 0 bridgehead atoms. The van der Waals surface area contributed by atoms with E-state index in [2.05, 4.69) is 11.9 Å². The minimum Gasteiger partial charge on any atom is -0.373 e. The van der Waals surface area contributed by atoms with Crippen molar-refractivity contribution in [3.8, 4) is 0 Å². The summed E-state index contributed by atoms with van der Waals surface area (Å²) in [5.41, 5.74) is 0.449. The number of carbonyl (C=O) groups is 1. The number of aryl methyl sites for hydroxylation is 1. The smallest absolute Gasteiger partial charge is 0.274 e. The van der Waals surface area contributed by atoms with Gasteiger partial charge in [-0.25, -0.2) is 4.98 Å². The minimum absolute atomic E-state index is 0.0237. The van der Waals surface area contributed by atoms with Crippen LogP contribution in [-0.2, 0) is 11.8 Å². The summed E-state index contributed by atoms with van der Waals surface area (Å²) in [7, 11) is 1.87. The fraction of sp³-hybridized carbons (Fsp3) is 0.692. The predicted octanol–water partition coefficient (Wildman–Crippen LogP) is 1.06. The van der Waals surface area contributed by atoms with E-state index >= 15 is 0 Å². The van der Waals surface area contributed by atoms with Crippen molar-refractivity contribution >= 4 is 5.91 Å². The molecule has 0 aromatic carbocycles. The second-order valence-electron chi connectivity index (χ2n) is 5.70. The Morgan fingerprint density at radius 2 is 2.44 bits per heavy atom. The largest absolute Gasteiger partial charge is 0.373 e. The van der Waals surface area contributed by atoms with Gasteiger partial charge in [0.15, 0.2) is 0 Å². The third-order valence-electron chi connectivity index (χ3n) is 3.92. The van der Waals surface area contributed by atoms with E-state index in [1.165, 1.54) is 0 Å². The SMILES string of the molecule is CC1COC2(CCN(C(=O)c3cn(C)cn3)C2)C1. The van der Waals surface area contributed by atoms with Gasteiger partial charge in [0, 0.05) is 19.8 Å². The second kappa shape index (κ2) is 4.09. The summed E-state index contributed by atoms with van der Waals surface area (Å²) in [6.45, 7) is 4.53.